The van der Waals surface area contributed by atoms with E-state index in [0.717, 1.165) is 4.68 Å². The maximum Gasteiger partial charge on any atom is 0.280 e. The average molecular weight is 221 g/mol. The fourth-order valence-corrected chi connectivity index (χ4v) is 1.33. The third kappa shape index (κ3) is 1.86. The quantitative estimate of drug-likeness (QED) is 0.786. The predicted molar refractivity (Wildman–Crippen MR) is 46.9 cm³/mol. The number of rotatable bonds is 3. The van der Waals surface area contributed by atoms with E-state index in [-0.39, 0.29) is 17.3 Å². The predicted octanol–water partition coefficient (Wildman–Crippen LogP) is 1.60. The second-order valence-electron chi connectivity index (χ2n) is 2.48. The zero-order valence-electron chi connectivity index (χ0n) is 7.04. The van der Waals surface area contributed by atoms with E-state index in [0.29, 0.717) is 0 Å². The number of hydrogen-bond acceptors (Lipinski definition) is 2. The summed E-state index contributed by atoms with van der Waals surface area (Å²) in [7, 11) is 0. The molecule has 0 saturated carbocycles. The van der Waals surface area contributed by atoms with Crippen molar-refractivity contribution in [1.29, 1.82) is 0 Å². The molecule has 0 aliphatic rings. The molecular weight excluding hydrogens is 214 g/mol. The molecule has 0 fully saturated rings. The Kier molecular flexibility index (Phi) is 3.44. The van der Waals surface area contributed by atoms with Crippen LogP contribution in [0.5, 0.6) is 0 Å². The summed E-state index contributed by atoms with van der Waals surface area (Å²) in [5.74, 6) is 2.17. The molecule has 1 N–H and O–H groups in total. The van der Waals surface area contributed by atoms with Gasteiger partial charge in [0, 0.05) is 5.56 Å². The van der Waals surface area contributed by atoms with E-state index < -0.39 is 18.7 Å². The summed E-state index contributed by atoms with van der Waals surface area (Å²) in [4.78, 5) is 0. The molecule has 76 valence electrons. The minimum Gasteiger partial charge on any atom is -0.391 e. The molecule has 0 unspecified atom stereocenters. The van der Waals surface area contributed by atoms with Gasteiger partial charge in [-0.15, -0.1) is 6.42 Å². The smallest absolute Gasteiger partial charge is 0.280 e. The Morgan fingerprint density at radius 1 is 1.64 bits per heavy atom. The van der Waals surface area contributed by atoms with Crippen molar-refractivity contribution in [3.63, 3.8) is 0 Å². The van der Waals surface area contributed by atoms with Gasteiger partial charge in [-0.05, 0) is 0 Å². The lowest BCUT2D eigenvalue weighted by Gasteiger charge is -2.03. The van der Waals surface area contributed by atoms with Crippen LogP contribution in [0, 0.1) is 12.3 Å². The molecule has 0 spiro atoms. The molecule has 0 atom stereocenters. The van der Waals surface area contributed by atoms with E-state index in [1.54, 1.807) is 0 Å². The third-order valence-electron chi connectivity index (χ3n) is 1.65. The number of nitrogens with zero attached hydrogens (tertiary/aromatic N) is 2. The summed E-state index contributed by atoms with van der Waals surface area (Å²) in [6, 6.07) is 0. The molecule has 14 heavy (non-hydrogen) atoms. The Labute approximate surface area is 84.3 Å². The van der Waals surface area contributed by atoms with Gasteiger partial charge in [-0.25, -0.2) is 13.5 Å². The first-order valence-electron chi connectivity index (χ1n) is 3.69. The van der Waals surface area contributed by atoms with Gasteiger partial charge in [0.15, 0.2) is 5.15 Å². The lowest BCUT2D eigenvalue weighted by molar-refractivity contribution is 0.136. The van der Waals surface area contributed by atoms with E-state index in [4.69, 9.17) is 23.1 Å². The highest BCUT2D eigenvalue weighted by molar-refractivity contribution is 6.30. The molecule has 0 amide bonds. The van der Waals surface area contributed by atoms with Crippen LogP contribution in [-0.4, -0.2) is 14.9 Å². The molecule has 0 aliphatic carbocycles. The van der Waals surface area contributed by atoms with Gasteiger partial charge in [-0.2, -0.15) is 5.10 Å². The number of alkyl halides is 2. The molecule has 0 saturated heterocycles. The van der Waals surface area contributed by atoms with Crippen molar-refractivity contribution in [3.05, 3.63) is 16.4 Å². The van der Waals surface area contributed by atoms with Crippen molar-refractivity contribution < 1.29 is 13.9 Å². The van der Waals surface area contributed by atoms with Crippen molar-refractivity contribution in [1.82, 2.24) is 9.78 Å². The molecule has 1 aromatic heterocycles. The number of aromatic nitrogens is 2. The Bertz CT molecular complexity index is 370. The Hall–Kier alpha value is -1.12. The largest absolute Gasteiger partial charge is 0.391 e. The minimum atomic E-state index is -2.76. The molecule has 3 nitrogen and oxygen atoms in total. The second kappa shape index (κ2) is 4.40. The van der Waals surface area contributed by atoms with Gasteiger partial charge in [-0.3, -0.25) is 0 Å². The fraction of sp³-hybridized carbons (Fsp3) is 0.375. The van der Waals surface area contributed by atoms with E-state index in [9.17, 15) is 8.78 Å². The van der Waals surface area contributed by atoms with Crippen molar-refractivity contribution in [2.24, 2.45) is 0 Å². The number of aliphatic hydroxyl groups excluding tert-OH is 1. The lowest BCUT2D eigenvalue weighted by Crippen LogP contribution is -2.05. The molecule has 0 radical (unpaired) electrons. The van der Waals surface area contributed by atoms with Gasteiger partial charge < -0.3 is 5.11 Å². The van der Waals surface area contributed by atoms with Gasteiger partial charge in [0.1, 0.15) is 12.2 Å². The summed E-state index contributed by atoms with van der Waals surface area (Å²) in [6.07, 6.45) is 2.21. The molecule has 6 heteroatoms. The van der Waals surface area contributed by atoms with E-state index in [1.807, 2.05) is 0 Å². The molecule has 0 bridgehead atoms. The summed E-state index contributed by atoms with van der Waals surface area (Å²) in [5, 5.41) is 12.3. The van der Waals surface area contributed by atoms with Gasteiger partial charge in [0.05, 0.1) is 6.61 Å². The summed E-state index contributed by atoms with van der Waals surface area (Å²) in [6.45, 7) is -0.678. The maximum atomic E-state index is 12.5. The van der Waals surface area contributed by atoms with E-state index in [1.165, 1.54) is 0 Å². The first-order chi connectivity index (χ1) is 6.61. The first kappa shape index (κ1) is 11.0. The maximum absolute atomic E-state index is 12.5. The first-order valence-corrected chi connectivity index (χ1v) is 4.07. The molecular formula is C8H7ClF2N2O. The van der Waals surface area contributed by atoms with E-state index in [2.05, 4.69) is 11.0 Å². The van der Waals surface area contributed by atoms with Crippen LogP contribution in [0.4, 0.5) is 8.78 Å². The summed E-state index contributed by atoms with van der Waals surface area (Å²) < 4.78 is 25.9. The zero-order chi connectivity index (χ0) is 10.7. The van der Waals surface area contributed by atoms with Crippen LogP contribution in [0.1, 0.15) is 17.7 Å². The molecule has 1 aromatic rings. The van der Waals surface area contributed by atoms with Crippen LogP contribution < -0.4 is 0 Å². The van der Waals surface area contributed by atoms with Crippen molar-refractivity contribution >= 4 is 11.6 Å². The van der Waals surface area contributed by atoms with Crippen molar-refractivity contribution in [3.8, 4) is 12.3 Å². The van der Waals surface area contributed by atoms with Crippen LogP contribution in [0.2, 0.25) is 5.15 Å². The molecule has 1 rings (SSSR count). The normalized spacial score (nSPS) is 10.6. The van der Waals surface area contributed by atoms with Gasteiger partial charge in [-0.1, -0.05) is 17.5 Å². The van der Waals surface area contributed by atoms with Crippen LogP contribution in [-0.2, 0) is 13.2 Å². The number of terminal acetylenes is 1. The molecule has 0 aliphatic heterocycles. The van der Waals surface area contributed by atoms with Crippen molar-refractivity contribution in [2.45, 2.75) is 19.6 Å². The van der Waals surface area contributed by atoms with Crippen LogP contribution in [0.25, 0.3) is 0 Å². The highest BCUT2D eigenvalue weighted by atomic mass is 35.5. The monoisotopic (exact) mass is 220 g/mol. The SMILES string of the molecule is C#CCn1nc(Cl)c(CO)c1C(F)F. The topological polar surface area (TPSA) is 38.0 Å². The Morgan fingerprint density at radius 2 is 2.29 bits per heavy atom. The average Bonchev–Trinajstić information content (AvgIpc) is 2.42. The van der Waals surface area contributed by atoms with Gasteiger partial charge in [0.25, 0.3) is 6.43 Å². The minimum absolute atomic E-state index is 0.0723. The summed E-state index contributed by atoms with van der Waals surface area (Å²) in [5.41, 5.74) is -0.493. The summed E-state index contributed by atoms with van der Waals surface area (Å²) >= 11 is 5.54. The van der Waals surface area contributed by atoms with Crippen LogP contribution in [0.3, 0.4) is 0 Å². The van der Waals surface area contributed by atoms with Gasteiger partial charge in [0.2, 0.25) is 0 Å². The number of hydrogen-bond donors (Lipinski definition) is 1. The second-order valence-corrected chi connectivity index (χ2v) is 2.83. The number of halogens is 3. The highest BCUT2D eigenvalue weighted by Crippen LogP contribution is 2.28. The fourth-order valence-electron chi connectivity index (χ4n) is 1.08. The van der Waals surface area contributed by atoms with Gasteiger partial charge >= 0.3 is 0 Å². The molecule has 1 heterocycles. The third-order valence-corrected chi connectivity index (χ3v) is 1.95. The zero-order valence-corrected chi connectivity index (χ0v) is 7.80. The Morgan fingerprint density at radius 3 is 2.71 bits per heavy atom. The van der Waals surface area contributed by atoms with Crippen molar-refractivity contribution in [2.75, 3.05) is 0 Å². The molecule has 0 aromatic carbocycles. The van der Waals surface area contributed by atoms with E-state index >= 15 is 0 Å². The Balaban J connectivity index is 3.24. The van der Waals surface area contributed by atoms with Crippen LogP contribution >= 0.6 is 11.6 Å². The highest BCUT2D eigenvalue weighted by Gasteiger charge is 2.22. The standard InChI is InChI=1S/C8H7ClF2N2O/c1-2-3-13-6(8(10)11)5(4-14)7(9)12-13/h1,8,14H,3-4H2. The van der Waals surface area contributed by atoms with Crippen LogP contribution in [0.15, 0.2) is 0 Å². The lowest BCUT2D eigenvalue weighted by atomic mass is 10.2. The number of aliphatic hydroxyl groups is 1.